The fourth-order valence-electron chi connectivity index (χ4n) is 2.35. The highest BCUT2D eigenvalue weighted by Crippen LogP contribution is 2.28. The minimum Gasteiger partial charge on any atom is -0.496 e. The number of aromatic nitrogens is 2. The van der Waals surface area contributed by atoms with E-state index in [1.54, 1.807) is 19.5 Å². The molecule has 0 fully saturated rings. The Morgan fingerprint density at radius 1 is 1.15 bits per heavy atom. The predicted molar refractivity (Wildman–Crippen MR) is 80.0 cm³/mol. The highest BCUT2D eigenvalue weighted by Gasteiger charge is 2.19. The molecule has 0 aliphatic carbocycles. The van der Waals surface area contributed by atoms with Crippen LogP contribution in [0, 0.1) is 13.8 Å². The smallest absolute Gasteiger partial charge is 0.149 e. The fourth-order valence-corrected chi connectivity index (χ4v) is 2.35. The predicted octanol–water partition coefficient (Wildman–Crippen LogP) is 2.80. The zero-order valence-corrected chi connectivity index (χ0v) is 12.5. The van der Waals surface area contributed by atoms with Gasteiger partial charge in [-0.1, -0.05) is 13.0 Å². The first-order valence-corrected chi connectivity index (χ1v) is 6.82. The molecule has 4 nitrogen and oxygen atoms in total. The second kappa shape index (κ2) is 6.48. The Hall–Kier alpha value is -1.94. The number of aryl methyl sites for hydroxylation is 2. The quantitative estimate of drug-likeness (QED) is 0.908. The van der Waals surface area contributed by atoms with Crippen molar-refractivity contribution in [2.24, 2.45) is 0 Å². The summed E-state index contributed by atoms with van der Waals surface area (Å²) in [5.74, 6) is 1.71. The Balaban J connectivity index is 2.47. The lowest BCUT2D eigenvalue weighted by molar-refractivity contribution is 0.411. The van der Waals surface area contributed by atoms with Gasteiger partial charge in [-0.3, -0.25) is 0 Å². The highest BCUT2D eigenvalue weighted by atomic mass is 16.5. The van der Waals surface area contributed by atoms with Gasteiger partial charge < -0.3 is 10.1 Å². The molecular formula is C16H21N3O. The normalized spacial score (nSPS) is 12.2. The van der Waals surface area contributed by atoms with Crippen molar-refractivity contribution in [1.29, 1.82) is 0 Å². The molecule has 4 heteroatoms. The van der Waals surface area contributed by atoms with Gasteiger partial charge in [-0.2, -0.15) is 0 Å². The molecule has 1 aromatic carbocycles. The maximum Gasteiger partial charge on any atom is 0.149 e. The summed E-state index contributed by atoms with van der Waals surface area (Å²) in [6.45, 7) is 7.08. The third-order valence-electron chi connectivity index (χ3n) is 3.35. The van der Waals surface area contributed by atoms with Crippen LogP contribution in [0.25, 0.3) is 0 Å². The van der Waals surface area contributed by atoms with Crippen molar-refractivity contribution in [3.05, 3.63) is 53.1 Å². The molecule has 2 aromatic rings. The van der Waals surface area contributed by atoms with Gasteiger partial charge in [0.05, 0.1) is 13.2 Å². The summed E-state index contributed by atoms with van der Waals surface area (Å²) < 4.78 is 5.37. The number of nitrogens with one attached hydrogen (secondary N) is 1. The molecule has 0 bridgehead atoms. The van der Waals surface area contributed by atoms with Crippen molar-refractivity contribution < 1.29 is 4.74 Å². The number of methoxy groups -OCH3 is 1. The minimum absolute atomic E-state index is 0.00538. The van der Waals surface area contributed by atoms with E-state index in [2.05, 4.69) is 48.2 Å². The Morgan fingerprint density at radius 3 is 2.45 bits per heavy atom. The fraction of sp³-hybridized carbons (Fsp3) is 0.375. The van der Waals surface area contributed by atoms with Crippen LogP contribution in [0.3, 0.4) is 0 Å². The van der Waals surface area contributed by atoms with Crippen LogP contribution in [0.5, 0.6) is 5.75 Å². The third-order valence-corrected chi connectivity index (χ3v) is 3.35. The average Bonchev–Trinajstić information content (AvgIpc) is 2.48. The van der Waals surface area contributed by atoms with Gasteiger partial charge in [-0.15, -0.1) is 0 Å². The van der Waals surface area contributed by atoms with Gasteiger partial charge in [-0.05, 0) is 49.2 Å². The van der Waals surface area contributed by atoms with Crippen LogP contribution < -0.4 is 10.1 Å². The summed E-state index contributed by atoms with van der Waals surface area (Å²) in [7, 11) is 1.70. The number of ether oxygens (including phenoxy) is 1. The summed E-state index contributed by atoms with van der Waals surface area (Å²) in [6.07, 6.45) is 3.55. The Kier molecular flexibility index (Phi) is 4.69. The molecule has 0 saturated carbocycles. The van der Waals surface area contributed by atoms with E-state index >= 15 is 0 Å². The van der Waals surface area contributed by atoms with E-state index in [9.17, 15) is 0 Å². The molecule has 0 amide bonds. The van der Waals surface area contributed by atoms with Crippen LogP contribution >= 0.6 is 0 Å². The van der Waals surface area contributed by atoms with Gasteiger partial charge in [0.15, 0.2) is 0 Å². The third kappa shape index (κ3) is 2.96. The lowest BCUT2D eigenvalue weighted by atomic mass is 9.97. The Morgan fingerprint density at radius 2 is 1.85 bits per heavy atom. The van der Waals surface area contributed by atoms with E-state index in [0.717, 1.165) is 23.7 Å². The van der Waals surface area contributed by atoms with Crippen LogP contribution in [-0.4, -0.2) is 23.6 Å². The van der Waals surface area contributed by atoms with Gasteiger partial charge >= 0.3 is 0 Å². The standard InChI is InChI=1S/C16H21N3O/c1-5-17-15(16-18-7-6-8-19-16)13-9-12(3)14(20-4)10-11(13)2/h6-10,15,17H,5H2,1-4H3. The summed E-state index contributed by atoms with van der Waals surface area (Å²) in [5.41, 5.74) is 3.48. The van der Waals surface area contributed by atoms with E-state index in [1.165, 1.54) is 11.1 Å². The van der Waals surface area contributed by atoms with Crippen LogP contribution in [0.15, 0.2) is 30.6 Å². The SMILES string of the molecule is CCNC(c1ncccn1)c1cc(C)c(OC)cc1C. The van der Waals surface area contributed by atoms with E-state index in [1.807, 2.05) is 6.07 Å². The van der Waals surface area contributed by atoms with E-state index in [0.29, 0.717) is 0 Å². The maximum absolute atomic E-state index is 5.37. The minimum atomic E-state index is 0.00538. The van der Waals surface area contributed by atoms with Gasteiger partial charge in [0.2, 0.25) is 0 Å². The van der Waals surface area contributed by atoms with Crippen molar-refractivity contribution in [2.75, 3.05) is 13.7 Å². The zero-order valence-electron chi connectivity index (χ0n) is 12.5. The zero-order chi connectivity index (χ0) is 14.5. The van der Waals surface area contributed by atoms with Crippen LogP contribution in [0.1, 0.15) is 35.5 Å². The topological polar surface area (TPSA) is 47.0 Å². The van der Waals surface area contributed by atoms with Crippen molar-refractivity contribution in [1.82, 2.24) is 15.3 Å². The highest BCUT2D eigenvalue weighted by molar-refractivity contribution is 5.44. The first-order valence-electron chi connectivity index (χ1n) is 6.82. The molecule has 1 unspecified atom stereocenters. The van der Waals surface area contributed by atoms with Crippen molar-refractivity contribution in [2.45, 2.75) is 26.8 Å². The second-order valence-corrected chi connectivity index (χ2v) is 4.78. The molecule has 20 heavy (non-hydrogen) atoms. The molecule has 1 aromatic heterocycles. The Labute approximate surface area is 120 Å². The first-order chi connectivity index (χ1) is 9.67. The van der Waals surface area contributed by atoms with Gasteiger partial charge in [0.1, 0.15) is 11.6 Å². The number of benzene rings is 1. The maximum atomic E-state index is 5.37. The van der Waals surface area contributed by atoms with E-state index in [4.69, 9.17) is 4.74 Å². The van der Waals surface area contributed by atoms with Crippen LogP contribution in [0.2, 0.25) is 0 Å². The van der Waals surface area contributed by atoms with Crippen molar-refractivity contribution in [3.8, 4) is 5.75 Å². The molecule has 2 rings (SSSR count). The molecule has 0 spiro atoms. The van der Waals surface area contributed by atoms with Gasteiger partial charge in [0.25, 0.3) is 0 Å². The molecule has 106 valence electrons. The first kappa shape index (κ1) is 14.5. The summed E-state index contributed by atoms with van der Waals surface area (Å²) >= 11 is 0. The largest absolute Gasteiger partial charge is 0.496 e. The molecule has 1 atom stereocenters. The molecule has 1 heterocycles. The Bertz CT molecular complexity index is 569. The molecule has 0 radical (unpaired) electrons. The average molecular weight is 271 g/mol. The van der Waals surface area contributed by atoms with Crippen LogP contribution in [0.4, 0.5) is 0 Å². The summed E-state index contributed by atoms with van der Waals surface area (Å²) in [5, 5.41) is 3.45. The number of hydrogen-bond acceptors (Lipinski definition) is 4. The molecule has 0 aliphatic rings. The molecule has 1 N–H and O–H groups in total. The van der Waals surface area contributed by atoms with Gasteiger partial charge in [0, 0.05) is 12.4 Å². The van der Waals surface area contributed by atoms with Crippen molar-refractivity contribution in [3.63, 3.8) is 0 Å². The van der Waals surface area contributed by atoms with Crippen LogP contribution in [-0.2, 0) is 0 Å². The number of nitrogens with zero attached hydrogens (tertiary/aromatic N) is 2. The summed E-state index contributed by atoms with van der Waals surface area (Å²) in [6, 6.07) is 6.06. The van der Waals surface area contributed by atoms with E-state index in [-0.39, 0.29) is 6.04 Å². The molecular weight excluding hydrogens is 250 g/mol. The molecule has 0 aliphatic heterocycles. The summed E-state index contributed by atoms with van der Waals surface area (Å²) in [4.78, 5) is 8.77. The lowest BCUT2D eigenvalue weighted by Crippen LogP contribution is -2.24. The van der Waals surface area contributed by atoms with Crippen molar-refractivity contribution >= 4 is 0 Å². The number of hydrogen-bond donors (Lipinski definition) is 1. The lowest BCUT2D eigenvalue weighted by Gasteiger charge is -2.20. The molecule has 0 saturated heterocycles. The monoisotopic (exact) mass is 271 g/mol. The second-order valence-electron chi connectivity index (χ2n) is 4.78. The van der Waals surface area contributed by atoms with Gasteiger partial charge in [-0.25, -0.2) is 9.97 Å². The van der Waals surface area contributed by atoms with E-state index < -0.39 is 0 Å². The number of rotatable bonds is 5.